The Balaban J connectivity index is 1.42. The van der Waals surface area contributed by atoms with Crippen LogP contribution in [0.25, 0.3) is 0 Å². The number of carbonyl (C=O) groups is 1. The molecule has 1 unspecified atom stereocenters. The van der Waals surface area contributed by atoms with Crippen molar-refractivity contribution in [3.63, 3.8) is 0 Å². The normalized spacial score (nSPS) is 18.7. The average molecular weight is 590 g/mol. The second kappa shape index (κ2) is 9.18. The Bertz CT molecular complexity index is 1680. The van der Waals surface area contributed by atoms with Gasteiger partial charge in [-0.2, -0.15) is 0 Å². The summed E-state index contributed by atoms with van der Waals surface area (Å²) >= 11 is -0.103. The van der Waals surface area contributed by atoms with E-state index in [2.05, 4.69) is 5.01 Å². The Labute approximate surface area is 230 Å². The Morgan fingerprint density at radius 2 is 1.69 bits per heavy atom. The van der Waals surface area contributed by atoms with Gasteiger partial charge in [-0.3, -0.25) is 0 Å². The predicted molar refractivity (Wildman–Crippen MR) is 144 cm³/mol. The van der Waals surface area contributed by atoms with E-state index in [4.69, 9.17) is 4.74 Å². The molecule has 1 atom stereocenters. The Morgan fingerprint density at radius 3 is 2.49 bits per heavy atom. The standard InChI is InChI=1S/C31H24F2N2O3Se/c32-23-11-10-20-22(26(23)33)17-39-25-9-5-4-8-21(25)27(20)35-18-31(13-14-31)30(37)28-29(24(36)12-15-34(28)35)38-16-19-6-2-1-3-7-19/h1-12,15,27H,13-14,16-18H2. The summed E-state index contributed by atoms with van der Waals surface area (Å²) in [4.78, 5) is 27.0. The van der Waals surface area contributed by atoms with Gasteiger partial charge in [0.2, 0.25) is 0 Å². The van der Waals surface area contributed by atoms with Crippen molar-refractivity contribution in [1.29, 1.82) is 0 Å². The zero-order valence-electron chi connectivity index (χ0n) is 20.9. The molecule has 3 aliphatic rings. The molecule has 1 aromatic heterocycles. The van der Waals surface area contributed by atoms with Crippen LogP contribution in [0.15, 0.2) is 83.8 Å². The monoisotopic (exact) mass is 590 g/mol. The maximum absolute atomic E-state index is 15.2. The van der Waals surface area contributed by atoms with Gasteiger partial charge in [0.15, 0.2) is 0 Å². The third-order valence-electron chi connectivity index (χ3n) is 7.96. The number of fused-ring (bicyclic) bond motifs is 3. The van der Waals surface area contributed by atoms with Gasteiger partial charge in [-0.05, 0) is 0 Å². The minimum atomic E-state index is -0.859. The molecular weight excluding hydrogens is 565 g/mol. The van der Waals surface area contributed by atoms with Crippen LogP contribution >= 0.6 is 0 Å². The molecule has 39 heavy (non-hydrogen) atoms. The Kier molecular flexibility index (Phi) is 5.72. The summed E-state index contributed by atoms with van der Waals surface area (Å²) in [5.74, 6) is -1.74. The van der Waals surface area contributed by atoms with Crippen molar-refractivity contribution < 1.29 is 18.3 Å². The molecule has 0 amide bonds. The Hall–Kier alpha value is -3.74. The molecule has 8 heteroatoms. The van der Waals surface area contributed by atoms with Gasteiger partial charge < -0.3 is 0 Å². The van der Waals surface area contributed by atoms with Crippen LogP contribution < -0.4 is 19.6 Å². The van der Waals surface area contributed by atoms with Gasteiger partial charge >= 0.3 is 224 Å². The molecule has 0 bridgehead atoms. The van der Waals surface area contributed by atoms with Crippen molar-refractivity contribution in [2.75, 3.05) is 11.6 Å². The van der Waals surface area contributed by atoms with Crippen LogP contribution in [-0.2, 0) is 11.9 Å². The fourth-order valence-corrected chi connectivity index (χ4v) is 8.09. The van der Waals surface area contributed by atoms with Crippen LogP contribution in [-0.4, -0.2) is 32.0 Å². The van der Waals surface area contributed by atoms with Gasteiger partial charge in [0.05, 0.1) is 0 Å². The molecule has 0 radical (unpaired) electrons. The van der Waals surface area contributed by atoms with Crippen molar-refractivity contribution in [2.45, 2.75) is 30.8 Å². The molecule has 1 fully saturated rings. The summed E-state index contributed by atoms with van der Waals surface area (Å²) in [6.07, 6.45) is 3.01. The van der Waals surface area contributed by atoms with Gasteiger partial charge in [0, 0.05) is 0 Å². The molecule has 0 saturated heterocycles. The number of halogens is 2. The van der Waals surface area contributed by atoms with Crippen LogP contribution in [0.3, 0.4) is 0 Å². The van der Waals surface area contributed by atoms with Crippen LogP contribution in [0, 0.1) is 17.0 Å². The number of hydrogen-bond acceptors (Lipinski definition) is 4. The molecule has 2 aliphatic heterocycles. The van der Waals surface area contributed by atoms with E-state index in [1.807, 2.05) is 54.6 Å². The Morgan fingerprint density at radius 1 is 0.923 bits per heavy atom. The van der Waals surface area contributed by atoms with Crippen molar-refractivity contribution in [2.24, 2.45) is 5.41 Å². The zero-order chi connectivity index (χ0) is 26.7. The molecule has 1 saturated carbocycles. The number of pyridine rings is 1. The molecule has 196 valence electrons. The van der Waals surface area contributed by atoms with E-state index in [0.717, 1.165) is 15.6 Å². The topological polar surface area (TPSA) is 51.5 Å². The molecule has 1 aliphatic carbocycles. The fourth-order valence-electron chi connectivity index (χ4n) is 5.75. The van der Waals surface area contributed by atoms with E-state index < -0.39 is 23.1 Å². The summed E-state index contributed by atoms with van der Waals surface area (Å²) in [7, 11) is 0. The number of ketones is 1. The first-order valence-electron chi connectivity index (χ1n) is 12.9. The quantitative estimate of drug-likeness (QED) is 0.334. The second-order valence-electron chi connectivity index (χ2n) is 10.3. The number of benzene rings is 3. The van der Waals surface area contributed by atoms with E-state index in [1.165, 1.54) is 12.1 Å². The molecule has 7 rings (SSSR count). The first-order chi connectivity index (χ1) is 19.0. The van der Waals surface area contributed by atoms with Gasteiger partial charge in [-0.25, -0.2) is 0 Å². The van der Waals surface area contributed by atoms with E-state index in [9.17, 15) is 14.0 Å². The molecule has 1 spiro atoms. The van der Waals surface area contributed by atoms with Gasteiger partial charge in [0.1, 0.15) is 0 Å². The maximum atomic E-state index is 15.2. The van der Waals surface area contributed by atoms with E-state index >= 15 is 4.39 Å². The number of Topliss-reactive ketones (excluding diaryl/α,β-unsaturated/α-hetero) is 1. The third kappa shape index (κ3) is 3.93. The number of rotatable bonds is 4. The van der Waals surface area contributed by atoms with Crippen LogP contribution in [0.4, 0.5) is 8.78 Å². The first-order valence-corrected chi connectivity index (χ1v) is 15.0. The number of aromatic nitrogens is 1. The molecule has 3 heterocycles. The summed E-state index contributed by atoms with van der Waals surface area (Å²) in [6.45, 7) is 0.555. The van der Waals surface area contributed by atoms with Gasteiger partial charge in [-0.15, -0.1) is 0 Å². The second-order valence-corrected chi connectivity index (χ2v) is 12.5. The van der Waals surface area contributed by atoms with E-state index in [1.54, 1.807) is 16.9 Å². The van der Waals surface area contributed by atoms with E-state index in [-0.39, 0.29) is 44.2 Å². The first kappa shape index (κ1) is 24.3. The zero-order valence-corrected chi connectivity index (χ0v) is 22.6. The van der Waals surface area contributed by atoms with Crippen molar-refractivity contribution in [3.8, 4) is 5.75 Å². The van der Waals surface area contributed by atoms with Crippen molar-refractivity contribution in [1.82, 2.24) is 4.68 Å². The number of nitrogens with zero attached hydrogens (tertiary/aromatic N) is 2. The molecule has 5 nitrogen and oxygen atoms in total. The van der Waals surface area contributed by atoms with Crippen LogP contribution in [0.2, 0.25) is 0 Å². The van der Waals surface area contributed by atoms with Gasteiger partial charge in [0.25, 0.3) is 0 Å². The summed E-state index contributed by atoms with van der Waals surface area (Å²) in [5.41, 5.74) is 2.17. The molecule has 0 N–H and O–H groups in total. The van der Waals surface area contributed by atoms with Crippen LogP contribution in [0.5, 0.6) is 5.75 Å². The summed E-state index contributed by atoms with van der Waals surface area (Å²) in [5, 5.41) is 2.48. The van der Waals surface area contributed by atoms with Crippen molar-refractivity contribution in [3.05, 3.63) is 129 Å². The molecule has 3 aromatic carbocycles. The van der Waals surface area contributed by atoms with Gasteiger partial charge in [-0.1, -0.05) is 6.07 Å². The number of carbonyl (C=O) groups excluding carboxylic acids is 1. The molecule has 4 aromatic rings. The predicted octanol–water partition coefficient (Wildman–Crippen LogP) is 4.25. The average Bonchev–Trinajstić information content (AvgIpc) is 3.75. The summed E-state index contributed by atoms with van der Waals surface area (Å²) < 4.78 is 38.5. The summed E-state index contributed by atoms with van der Waals surface area (Å²) in [6, 6.07) is 21.3. The SMILES string of the molecule is O=C1c2c(OCc3ccccc3)c(=O)ccn2N(C2c3ccccc3[Se]Cc3c2ccc(F)c3F)CC12CC2. The number of hydrogen-bond donors (Lipinski definition) is 0. The third-order valence-corrected chi connectivity index (χ3v) is 10.3. The number of ether oxygens (including phenoxy) is 1. The minimum absolute atomic E-state index is 0.0268. The molecular formula is C31H24F2N2O3Se. The van der Waals surface area contributed by atoms with Crippen LogP contribution in [0.1, 0.15) is 51.6 Å². The van der Waals surface area contributed by atoms with E-state index in [0.29, 0.717) is 35.8 Å². The fraction of sp³-hybridized carbons (Fsp3) is 0.226. The van der Waals surface area contributed by atoms with Crippen molar-refractivity contribution >= 4 is 25.2 Å².